The molecular formula is C28H34O7. The molecule has 1 aliphatic carbocycles. The molecule has 2 aromatic carbocycles. The maximum absolute atomic E-state index is 13.2. The fraction of sp³-hybridized carbons (Fsp3) is 0.500. The van der Waals surface area contributed by atoms with Gasteiger partial charge in [-0.1, -0.05) is 20.3 Å². The smallest absolute Gasteiger partial charge is 0.346 e. The minimum atomic E-state index is -0.815. The molecule has 7 nitrogen and oxygen atoms in total. The molecule has 1 atom stereocenters. The monoisotopic (exact) mass is 482 g/mol. The van der Waals surface area contributed by atoms with Gasteiger partial charge in [-0.15, -0.1) is 0 Å². The molecule has 0 saturated heterocycles. The van der Waals surface area contributed by atoms with Gasteiger partial charge in [-0.05, 0) is 74.8 Å². The van der Waals surface area contributed by atoms with Crippen LogP contribution >= 0.6 is 0 Å². The second-order valence-corrected chi connectivity index (χ2v) is 9.85. The van der Waals surface area contributed by atoms with Crippen molar-refractivity contribution in [2.75, 3.05) is 7.11 Å². The minimum absolute atomic E-state index is 0.0685. The number of hydrogen-bond acceptors (Lipinski definition) is 7. The van der Waals surface area contributed by atoms with Crippen molar-refractivity contribution < 1.29 is 33.6 Å². The van der Waals surface area contributed by atoms with Crippen LogP contribution < -0.4 is 9.47 Å². The van der Waals surface area contributed by atoms with Crippen LogP contribution in [0.4, 0.5) is 0 Å². The van der Waals surface area contributed by atoms with E-state index < -0.39 is 18.0 Å². The summed E-state index contributed by atoms with van der Waals surface area (Å²) < 4.78 is 23.2. The Bertz CT molecular complexity index is 1100. The predicted molar refractivity (Wildman–Crippen MR) is 130 cm³/mol. The Morgan fingerprint density at radius 1 is 1.17 bits per heavy atom. The zero-order valence-electron chi connectivity index (χ0n) is 20.9. The number of aryl methyl sites for hydroxylation is 1. The van der Waals surface area contributed by atoms with E-state index in [0.29, 0.717) is 28.9 Å². The average Bonchev–Trinajstić information content (AvgIpc) is 2.82. The normalized spacial score (nSPS) is 16.8. The van der Waals surface area contributed by atoms with Crippen LogP contribution in [-0.4, -0.2) is 30.3 Å². The largest absolute Gasteiger partial charge is 0.495 e. The summed E-state index contributed by atoms with van der Waals surface area (Å²) in [4.78, 5) is 26.3. The molecule has 188 valence electrons. The number of carbonyl (C=O) groups is 2. The van der Waals surface area contributed by atoms with Crippen molar-refractivity contribution in [2.24, 2.45) is 5.92 Å². The molecule has 0 amide bonds. The number of rotatable bonds is 6. The van der Waals surface area contributed by atoms with E-state index in [0.717, 1.165) is 37.7 Å². The summed E-state index contributed by atoms with van der Waals surface area (Å²) in [6.45, 7) is 5.82. The summed E-state index contributed by atoms with van der Waals surface area (Å²) in [5, 5.41) is 10.7. The minimum Gasteiger partial charge on any atom is -0.495 e. The maximum atomic E-state index is 13.2. The van der Waals surface area contributed by atoms with Crippen LogP contribution in [0.2, 0.25) is 0 Å². The number of hydrogen-bond donors (Lipinski definition) is 1. The van der Waals surface area contributed by atoms with Crippen LogP contribution in [0.15, 0.2) is 24.3 Å². The fourth-order valence-corrected chi connectivity index (χ4v) is 4.87. The Kier molecular flexibility index (Phi) is 7.65. The van der Waals surface area contributed by atoms with Gasteiger partial charge in [-0.25, -0.2) is 9.59 Å². The Morgan fingerprint density at radius 2 is 1.91 bits per heavy atom. The zero-order chi connectivity index (χ0) is 25.1. The molecule has 4 rings (SSSR count). The molecule has 1 heterocycles. The summed E-state index contributed by atoms with van der Waals surface area (Å²) >= 11 is 0. The third kappa shape index (κ3) is 5.45. The Morgan fingerprint density at radius 3 is 2.60 bits per heavy atom. The fourth-order valence-electron chi connectivity index (χ4n) is 4.87. The third-order valence-corrected chi connectivity index (χ3v) is 6.54. The SMILES string of the molecule is COc1c(C(O)CC(C)C)ccc2c1C(=O)OCc1cc(C)cc(C(=O)OC3CCCCC3)c1O2. The lowest BCUT2D eigenvalue weighted by molar-refractivity contribution is 0.0208. The first-order valence-electron chi connectivity index (χ1n) is 12.4. The lowest BCUT2D eigenvalue weighted by Gasteiger charge is -2.25. The molecule has 0 spiro atoms. The van der Waals surface area contributed by atoms with Gasteiger partial charge in [0.05, 0.1) is 13.2 Å². The van der Waals surface area contributed by atoms with E-state index in [2.05, 4.69) is 0 Å². The molecule has 1 saturated carbocycles. The summed E-state index contributed by atoms with van der Waals surface area (Å²) in [5.41, 5.74) is 2.30. The van der Waals surface area contributed by atoms with Gasteiger partial charge in [0, 0.05) is 11.1 Å². The van der Waals surface area contributed by atoms with Gasteiger partial charge in [-0.2, -0.15) is 0 Å². The van der Waals surface area contributed by atoms with Crippen LogP contribution in [0.25, 0.3) is 0 Å². The maximum Gasteiger partial charge on any atom is 0.346 e. The number of cyclic esters (lactones) is 1. The first-order chi connectivity index (χ1) is 16.8. The summed E-state index contributed by atoms with van der Waals surface area (Å²) in [7, 11) is 1.44. The van der Waals surface area contributed by atoms with Crippen molar-refractivity contribution in [3.63, 3.8) is 0 Å². The van der Waals surface area contributed by atoms with Gasteiger partial charge in [0.25, 0.3) is 0 Å². The molecule has 1 N–H and O–H groups in total. The van der Waals surface area contributed by atoms with Gasteiger partial charge < -0.3 is 24.1 Å². The number of carbonyl (C=O) groups excluding carboxylic acids is 2. The highest BCUT2D eigenvalue weighted by molar-refractivity contribution is 5.98. The number of esters is 2. The second-order valence-electron chi connectivity index (χ2n) is 9.85. The van der Waals surface area contributed by atoms with Crippen molar-refractivity contribution in [3.8, 4) is 17.2 Å². The molecule has 2 aromatic rings. The molecule has 1 aliphatic heterocycles. The number of methoxy groups -OCH3 is 1. The van der Waals surface area contributed by atoms with Crippen LogP contribution in [0, 0.1) is 12.8 Å². The third-order valence-electron chi connectivity index (χ3n) is 6.54. The molecule has 1 fully saturated rings. The molecule has 0 aromatic heterocycles. The van der Waals surface area contributed by atoms with E-state index in [-0.39, 0.29) is 35.7 Å². The Hall–Kier alpha value is -3.06. The van der Waals surface area contributed by atoms with Gasteiger partial charge in [0.15, 0.2) is 0 Å². The lowest BCUT2D eigenvalue weighted by Crippen LogP contribution is -2.22. The second kappa shape index (κ2) is 10.7. The number of aliphatic hydroxyl groups excluding tert-OH is 1. The molecule has 1 unspecified atom stereocenters. The van der Waals surface area contributed by atoms with Gasteiger partial charge in [0.2, 0.25) is 0 Å². The predicted octanol–water partition coefficient (Wildman–Crippen LogP) is 6.04. The Labute approximate surface area is 206 Å². The lowest BCUT2D eigenvalue weighted by atomic mass is 9.96. The highest BCUT2D eigenvalue weighted by Gasteiger charge is 2.31. The standard InChI is InChI=1S/C28H34O7/c1-16(2)12-22(29)20-10-11-23-24(26(20)32-4)28(31)33-15-18-13-17(3)14-21(25(18)35-23)27(30)34-19-8-6-5-7-9-19/h10-11,13-14,16,19,22,29H,5-9,12,15H2,1-4H3. The molecule has 2 aliphatic rings. The Balaban J connectivity index is 1.75. The van der Waals surface area contributed by atoms with Crippen LogP contribution in [0.3, 0.4) is 0 Å². The number of ether oxygens (including phenoxy) is 4. The van der Waals surface area contributed by atoms with E-state index in [1.54, 1.807) is 18.2 Å². The van der Waals surface area contributed by atoms with Crippen LogP contribution in [-0.2, 0) is 16.1 Å². The van der Waals surface area contributed by atoms with Crippen molar-refractivity contribution in [3.05, 3.63) is 52.1 Å². The first-order valence-corrected chi connectivity index (χ1v) is 12.4. The number of benzene rings is 2. The van der Waals surface area contributed by atoms with Crippen molar-refractivity contribution >= 4 is 11.9 Å². The van der Waals surface area contributed by atoms with Gasteiger partial charge >= 0.3 is 11.9 Å². The topological polar surface area (TPSA) is 91.3 Å². The highest BCUT2D eigenvalue weighted by atomic mass is 16.6. The van der Waals surface area contributed by atoms with Crippen LogP contribution in [0.1, 0.15) is 95.9 Å². The average molecular weight is 483 g/mol. The summed E-state index contributed by atoms with van der Waals surface area (Å²) in [5.74, 6) is -0.1000. The van der Waals surface area contributed by atoms with Crippen molar-refractivity contribution in [2.45, 2.75) is 78.1 Å². The summed E-state index contributed by atoms with van der Waals surface area (Å²) in [6, 6.07) is 6.88. The van der Waals surface area contributed by atoms with E-state index in [9.17, 15) is 14.7 Å². The van der Waals surface area contributed by atoms with E-state index >= 15 is 0 Å². The number of aliphatic hydroxyl groups is 1. The number of fused-ring (bicyclic) bond motifs is 2. The van der Waals surface area contributed by atoms with E-state index in [1.807, 2.05) is 26.8 Å². The molecule has 0 bridgehead atoms. The first kappa shape index (κ1) is 25.0. The van der Waals surface area contributed by atoms with E-state index in [4.69, 9.17) is 18.9 Å². The molecule has 0 radical (unpaired) electrons. The molecule has 35 heavy (non-hydrogen) atoms. The van der Waals surface area contributed by atoms with E-state index in [1.165, 1.54) is 7.11 Å². The van der Waals surface area contributed by atoms with Gasteiger partial charge in [0.1, 0.15) is 41.1 Å². The molecular weight excluding hydrogens is 448 g/mol. The van der Waals surface area contributed by atoms with Gasteiger partial charge in [-0.3, -0.25) is 0 Å². The van der Waals surface area contributed by atoms with Crippen molar-refractivity contribution in [1.29, 1.82) is 0 Å². The molecule has 7 heteroatoms. The quantitative estimate of drug-likeness (QED) is 0.502. The van der Waals surface area contributed by atoms with Crippen molar-refractivity contribution in [1.82, 2.24) is 0 Å². The zero-order valence-corrected chi connectivity index (χ0v) is 20.9. The van der Waals surface area contributed by atoms with Crippen LogP contribution in [0.5, 0.6) is 17.2 Å². The highest BCUT2D eigenvalue weighted by Crippen LogP contribution is 2.43. The summed E-state index contributed by atoms with van der Waals surface area (Å²) in [6.07, 6.45) is 4.57.